The third-order valence-corrected chi connectivity index (χ3v) is 2.82. The van der Waals surface area contributed by atoms with Crippen molar-refractivity contribution in [2.45, 2.75) is 6.61 Å². The van der Waals surface area contributed by atoms with Crippen LogP contribution in [0, 0.1) is 0 Å². The number of benzene rings is 2. The number of hydrogen-bond acceptors (Lipinski definition) is 2. The van der Waals surface area contributed by atoms with Crippen molar-refractivity contribution < 1.29 is 4.74 Å². The molecule has 88 valence electrons. The summed E-state index contributed by atoms with van der Waals surface area (Å²) in [4.78, 5) is 4.47. The zero-order valence-corrected chi connectivity index (χ0v) is 9.91. The third kappa shape index (κ3) is 2.33. The summed E-state index contributed by atoms with van der Waals surface area (Å²) in [6, 6.07) is 18.2. The van der Waals surface area contributed by atoms with Gasteiger partial charge in [-0.05, 0) is 17.7 Å². The molecule has 0 spiro atoms. The molecule has 0 saturated carbocycles. The summed E-state index contributed by atoms with van der Waals surface area (Å²) < 4.78 is 5.59. The molecule has 2 nitrogen and oxygen atoms in total. The second kappa shape index (κ2) is 4.88. The Kier molecular flexibility index (Phi) is 2.92. The number of hydrogen-bond donors (Lipinski definition) is 0. The van der Waals surface area contributed by atoms with Crippen LogP contribution in [0.5, 0.6) is 0 Å². The molecule has 0 bridgehead atoms. The van der Waals surface area contributed by atoms with Gasteiger partial charge in [0.25, 0.3) is 0 Å². The van der Waals surface area contributed by atoms with Crippen LogP contribution in [0.3, 0.4) is 0 Å². The van der Waals surface area contributed by atoms with Gasteiger partial charge in [-0.2, -0.15) is 0 Å². The molecular weight excluding hydrogens is 222 g/mol. The second-order valence-electron chi connectivity index (χ2n) is 4.11. The zero-order valence-electron chi connectivity index (χ0n) is 9.91. The molecule has 2 aromatic rings. The quantitative estimate of drug-likeness (QED) is 0.772. The summed E-state index contributed by atoms with van der Waals surface area (Å²) in [6.07, 6.45) is 3.91. The van der Waals surface area contributed by atoms with E-state index < -0.39 is 0 Å². The molecule has 0 radical (unpaired) electrons. The van der Waals surface area contributed by atoms with E-state index in [4.69, 9.17) is 4.74 Å². The monoisotopic (exact) mass is 235 g/mol. The van der Waals surface area contributed by atoms with Gasteiger partial charge >= 0.3 is 0 Å². The maximum atomic E-state index is 5.59. The van der Waals surface area contributed by atoms with Crippen molar-refractivity contribution in [2.24, 2.45) is 4.99 Å². The number of nitrogens with zero attached hydrogens (tertiary/aromatic N) is 1. The van der Waals surface area contributed by atoms with Crippen LogP contribution in [0.25, 0.3) is 6.08 Å². The molecule has 0 saturated heterocycles. The van der Waals surface area contributed by atoms with Gasteiger partial charge in [-0.3, -0.25) is 0 Å². The fourth-order valence-corrected chi connectivity index (χ4v) is 1.86. The first kappa shape index (κ1) is 10.8. The first-order valence-corrected chi connectivity index (χ1v) is 5.94. The number of para-hydroxylation sites is 1. The lowest BCUT2D eigenvalue weighted by molar-refractivity contribution is 0.290. The lowest BCUT2D eigenvalue weighted by Gasteiger charge is -2.14. The molecular formula is C16H13NO. The van der Waals surface area contributed by atoms with Crippen LogP contribution in [0.2, 0.25) is 0 Å². The highest BCUT2D eigenvalue weighted by molar-refractivity contribution is 5.94. The molecule has 0 unspecified atom stereocenters. The van der Waals surface area contributed by atoms with Gasteiger partial charge in [0.1, 0.15) is 6.61 Å². The Labute approximate surface area is 106 Å². The van der Waals surface area contributed by atoms with Crippen LogP contribution in [-0.4, -0.2) is 5.90 Å². The largest absolute Gasteiger partial charge is 0.473 e. The topological polar surface area (TPSA) is 21.6 Å². The molecule has 3 rings (SSSR count). The standard InChI is InChI=1S/C16H13NO/c1-2-6-13(7-3-1)10-11-16-17-15-9-5-4-8-14(15)12-18-16/h1-11H,12H2/b11-10+. The van der Waals surface area contributed by atoms with E-state index in [1.54, 1.807) is 0 Å². The van der Waals surface area contributed by atoms with Gasteiger partial charge in [-0.1, -0.05) is 48.5 Å². The fraction of sp³-hybridized carbons (Fsp3) is 0.0625. The van der Waals surface area contributed by atoms with E-state index in [9.17, 15) is 0 Å². The van der Waals surface area contributed by atoms with Gasteiger partial charge in [-0.15, -0.1) is 0 Å². The van der Waals surface area contributed by atoms with Crippen LogP contribution in [0.1, 0.15) is 11.1 Å². The summed E-state index contributed by atoms with van der Waals surface area (Å²) >= 11 is 0. The van der Waals surface area contributed by atoms with E-state index in [1.165, 1.54) is 0 Å². The molecule has 0 amide bonds. The average Bonchev–Trinajstić information content (AvgIpc) is 2.46. The summed E-state index contributed by atoms with van der Waals surface area (Å²) in [7, 11) is 0. The third-order valence-electron chi connectivity index (χ3n) is 2.82. The van der Waals surface area contributed by atoms with E-state index in [-0.39, 0.29) is 0 Å². The Hall–Kier alpha value is -2.35. The molecule has 0 aliphatic carbocycles. The van der Waals surface area contributed by atoms with Crippen LogP contribution in [0.4, 0.5) is 5.69 Å². The molecule has 2 aromatic carbocycles. The maximum absolute atomic E-state index is 5.59. The van der Waals surface area contributed by atoms with Gasteiger partial charge in [0.15, 0.2) is 0 Å². The lowest BCUT2D eigenvalue weighted by atomic mass is 10.1. The van der Waals surface area contributed by atoms with Crippen molar-refractivity contribution >= 4 is 17.7 Å². The highest BCUT2D eigenvalue weighted by Crippen LogP contribution is 2.24. The summed E-state index contributed by atoms with van der Waals surface area (Å²) in [5.74, 6) is 0.664. The first-order chi connectivity index (χ1) is 8.92. The average molecular weight is 235 g/mol. The zero-order chi connectivity index (χ0) is 12.2. The molecule has 0 fully saturated rings. The minimum Gasteiger partial charge on any atom is -0.473 e. The Balaban J connectivity index is 1.83. The Morgan fingerprint density at radius 1 is 0.889 bits per heavy atom. The Bertz CT molecular complexity index is 600. The molecule has 0 N–H and O–H groups in total. The van der Waals surface area contributed by atoms with Crippen molar-refractivity contribution in [2.75, 3.05) is 0 Å². The molecule has 2 heteroatoms. The SMILES string of the molecule is C(=C\c1ccccc1)/C1=Nc2ccccc2CO1. The van der Waals surface area contributed by atoms with Gasteiger partial charge in [0, 0.05) is 11.6 Å². The van der Waals surface area contributed by atoms with Gasteiger partial charge in [0.05, 0.1) is 5.69 Å². The van der Waals surface area contributed by atoms with Crippen molar-refractivity contribution in [1.82, 2.24) is 0 Å². The summed E-state index contributed by atoms with van der Waals surface area (Å²) in [5, 5.41) is 0. The highest BCUT2D eigenvalue weighted by Gasteiger charge is 2.09. The Morgan fingerprint density at radius 3 is 2.56 bits per heavy atom. The van der Waals surface area contributed by atoms with Crippen molar-refractivity contribution in [1.29, 1.82) is 0 Å². The summed E-state index contributed by atoms with van der Waals surface area (Å²) in [6.45, 7) is 0.591. The van der Waals surface area contributed by atoms with E-state index in [0.29, 0.717) is 12.5 Å². The maximum Gasteiger partial charge on any atom is 0.214 e. The normalized spacial score (nSPS) is 13.9. The summed E-state index contributed by atoms with van der Waals surface area (Å²) in [5.41, 5.74) is 3.27. The molecule has 1 heterocycles. The van der Waals surface area contributed by atoms with Crippen molar-refractivity contribution in [3.8, 4) is 0 Å². The van der Waals surface area contributed by atoms with E-state index in [0.717, 1.165) is 16.8 Å². The number of ether oxygens (including phenoxy) is 1. The predicted octanol–water partition coefficient (Wildman–Crippen LogP) is 3.96. The van der Waals surface area contributed by atoms with Crippen molar-refractivity contribution in [3.63, 3.8) is 0 Å². The van der Waals surface area contributed by atoms with E-state index in [2.05, 4.69) is 4.99 Å². The minimum absolute atomic E-state index is 0.591. The fourth-order valence-electron chi connectivity index (χ4n) is 1.86. The highest BCUT2D eigenvalue weighted by atomic mass is 16.5. The second-order valence-corrected chi connectivity index (χ2v) is 4.11. The van der Waals surface area contributed by atoms with Gasteiger partial charge in [0.2, 0.25) is 5.90 Å². The Morgan fingerprint density at radius 2 is 1.67 bits per heavy atom. The lowest BCUT2D eigenvalue weighted by Crippen LogP contribution is -2.06. The molecule has 0 aromatic heterocycles. The van der Waals surface area contributed by atoms with Crippen LogP contribution < -0.4 is 0 Å². The van der Waals surface area contributed by atoms with Crippen LogP contribution in [-0.2, 0) is 11.3 Å². The number of aliphatic imine (C=N–C) groups is 1. The smallest absolute Gasteiger partial charge is 0.214 e. The van der Waals surface area contributed by atoms with Crippen molar-refractivity contribution in [3.05, 3.63) is 71.8 Å². The van der Waals surface area contributed by atoms with Gasteiger partial charge < -0.3 is 4.74 Å². The van der Waals surface area contributed by atoms with E-state index in [1.807, 2.05) is 66.7 Å². The first-order valence-electron chi connectivity index (χ1n) is 5.94. The van der Waals surface area contributed by atoms with Crippen LogP contribution in [0.15, 0.2) is 65.7 Å². The number of rotatable bonds is 2. The molecule has 1 aliphatic heterocycles. The van der Waals surface area contributed by atoms with Gasteiger partial charge in [-0.25, -0.2) is 4.99 Å². The van der Waals surface area contributed by atoms with E-state index >= 15 is 0 Å². The molecule has 0 atom stereocenters. The number of fused-ring (bicyclic) bond motifs is 1. The minimum atomic E-state index is 0.591. The molecule has 18 heavy (non-hydrogen) atoms. The molecule has 1 aliphatic rings. The predicted molar refractivity (Wildman–Crippen MR) is 73.8 cm³/mol. The van der Waals surface area contributed by atoms with Crippen LogP contribution >= 0.6 is 0 Å².